The summed E-state index contributed by atoms with van der Waals surface area (Å²) in [6.45, 7) is 5.51. The van der Waals surface area contributed by atoms with Gasteiger partial charge >= 0.3 is 12.1 Å². The highest BCUT2D eigenvalue weighted by molar-refractivity contribution is 6.33. The summed E-state index contributed by atoms with van der Waals surface area (Å²) in [6.07, 6.45) is 4.74. The minimum atomic E-state index is -0.532. The lowest BCUT2D eigenvalue weighted by Crippen LogP contribution is -2.41. The monoisotopic (exact) mass is 408 g/mol. The van der Waals surface area contributed by atoms with Crippen LogP contribution in [0.4, 0.5) is 4.79 Å². The Kier molecular flexibility index (Phi) is 5.79. The molecule has 28 heavy (non-hydrogen) atoms. The van der Waals surface area contributed by atoms with Gasteiger partial charge in [0.2, 0.25) is 0 Å². The highest BCUT2D eigenvalue weighted by Crippen LogP contribution is 2.33. The van der Waals surface area contributed by atoms with E-state index in [2.05, 4.69) is 15.5 Å². The fourth-order valence-corrected chi connectivity index (χ4v) is 3.73. The first kappa shape index (κ1) is 20.4. The summed E-state index contributed by atoms with van der Waals surface area (Å²) in [5.41, 5.74) is 0.251. The lowest BCUT2D eigenvalue weighted by Gasteiger charge is -2.30. The Labute approximate surface area is 168 Å². The first-order chi connectivity index (χ1) is 13.2. The standard InChI is InChI=1S/C19H25ClN4O4/c1-19(2,3)28-18(26)21-12-7-5-6-11(8-12)16-23-22-15-9-13(17(25)27-4)14(20)10-24(15)16/h9-12H,5-8H2,1-4H3,(H,21,26)/t11-,12+/m0/s1. The van der Waals surface area contributed by atoms with E-state index in [4.69, 9.17) is 21.1 Å². The van der Waals surface area contributed by atoms with Crippen molar-refractivity contribution in [2.45, 2.75) is 64.0 Å². The van der Waals surface area contributed by atoms with Gasteiger partial charge in [-0.3, -0.25) is 4.40 Å². The van der Waals surface area contributed by atoms with Gasteiger partial charge in [-0.15, -0.1) is 10.2 Å². The average molecular weight is 409 g/mol. The number of hydrogen-bond donors (Lipinski definition) is 1. The van der Waals surface area contributed by atoms with Crippen molar-refractivity contribution in [1.82, 2.24) is 19.9 Å². The summed E-state index contributed by atoms with van der Waals surface area (Å²) in [5.74, 6) is 0.365. The molecule has 1 aliphatic rings. The van der Waals surface area contributed by atoms with Gasteiger partial charge in [0.15, 0.2) is 5.65 Å². The maximum absolute atomic E-state index is 12.1. The van der Waals surface area contributed by atoms with E-state index < -0.39 is 17.7 Å². The van der Waals surface area contributed by atoms with Gasteiger partial charge in [-0.25, -0.2) is 9.59 Å². The second-order valence-corrected chi connectivity index (χ2v) is 8.43. The third kappa shape index (κ3) is 4.55. The third-order valence-electron chi connectivity index (χ3n) is 4.69. The molecule has 0 unspecified atom stereocenters. The zero-order valence-electron chi connectivity index (χ0n) is 16.5. The molecule has 2 aromatic rings. The molecule has 9 heteroatoms. The Balaban J connectivity index is 1.78. The van der Waals surface area contributed by atoms with E-state index in [1.54, 1.807) is 16.7 Å². The van der Waals surface area contributed by atoms with Crippen molar-refractivity contribution in [2.75, 3.05) is 7.11 Å². The molecule has 2 heterocycles. The number of halogens is 1. The van der Waals surface area contributed by atoms with Gasteiger partial charge < -0.3 is 14.8 Å². The molecular formula is C19H25ClN4O4. The zero-order chi connectivity index (χ0) is 20.5. The molecule has 0 aromatic carbocycles. The number of nitrogens with one attached hydrogen (secondary N) is 1. The highest BCUT2D eigenvalue weighted by Gasteiger charge is 2.29. The molecular weight excluding hydrogens is 384 g/mol. The lowest BCUT2D eigenvalue weighted by atomic mass is 9.85. The van der Waals surface area contributed by atoms with Crippen LogP contribution in [0.5, 0.6) is 0 Å². The Bertz CT molecular complexity index is 890. The van der Waals surface area contributed by atoms with E-state index in [-0.39, 0.29) is 22.5 Å². The average Bonchev–Trinajstić information content (AvgIpc) is 3.01. The number of carbonyl (C=O) groups is 2. The number of hydrogen-bond acceptors (Lipinski definition) is 6. The Morgan fingerprint density at radius 1 is 1.29 bits per heavy atom. The second-order valence-electron chi connectivity index (χ2n) is 8.02. The minimum Gasteiger partial charge on any atom is -0.465 e. The minimum absolute atomic E-state index is 0.00534. The number of carbonyl (C=O) groups excluding carboxylic acids is 2. The van der Waals surface area contributed by atoms with Crippen LogP contribution in [-0.2, 0) is 9.47 Å². The molecule has 0 bridgehead atoms. The van der Waals surface area contributed by atoms with Crippen molar-refractivity contribution in [3.8, 4) is 0 Å². The number of ether oxygens (including phenoxy) is 2. The molecule has 3 rings (SSSR count). The molecule has 152 valence electrons. The van der Waals surface area contributed by atoms with Crippen LogP contribution in [0, 0.1) is 0 Å². The maximum Gasteiger partial charge on any atom is 0.407 e. The van der Waals surface area contributed by atoms with Gasteiger partial charge in [-0.1, -0.05) is 18.0 Å². The van der Waals surface area contributed by atoms with Crippen molar-refractivity contribution in [3.63, 3.8) is 0 Å². The molecule has 0 spiro atoms. The van der Waals surface area contributed by atoms with Gasteiger partial charge in [0.25, 0.3) is 0 Å². The van der Waals surface area contributed by atoms with Crippen LogP contribution in [0.25, 0.3) is 5.65 Å². The summed E-state index contributed by atoms with van der Waals surface area (Å²) in [5, 5.41) is 11.7. The van der Waals surface area contributed by atoms with Crippen LogP contribution in [0.15, 0.2) is 12.3 Å². The lowest BCUT2D eigenvalue weighted by molar-refractivity contribution is 0.0489. The summed E-state index contributed by atoms with van der Waals surface area (Å²) in [6, 6.07) is 1.58. The number of methoxy groups -OCH3 is 1. The summed E-state index contributed by atoms with van der Waals surface area (Å²) in [4.78, 5) is 23.9. The molecule has 1 amide bonds. The number of fused-ring (bicyclic) bond motifs is 1. The SMILES string of the molecule is COC(=O)c1cc2nnc([C@H]3CCC[C@@H](NC(=O)OC(C)(C)C)C3)n2cc1Cl. The van der Waals surface area contributed by atoms with Crippen molar-refractivity contribution >= 4 is 29.3 Å². The van der Waals surface area contributed by atoms with Crippen LogP contribution in [0.1, 0.15) is 68.6 Å². The van der Waals surface area contributed by atoms with Crippen LogP contribution in [0.3, 0.4) is 0 Å². The molecule has 0 saturated heterocycles. The molecule has 2 atom stereocenters. The number of aromatic nitrogens is 3. The Morgan fingerprint density at radius 2 is 2.04 bits per heavy atom. The Morgan fingerprint density at radius 3 is 2.71 bits per heavy atom. The fraction of sp³-hybridized carbons (Fsp3) is 0.579. The van der Waals surface area contributed by atoms with Crippen molar-refractivity contribution in [2.24, 2.45) is 0 Å². The van der Waals surface area contributed by atoms with Crippen LogP contribution >= 0.6 is 11.6 Å². The molecule has 0 radical (unpaired) electrons. The van der Waals surface area contributed by atoms with Crippen LogP contribution in [0.2, 0.25) is 5.02 Å². The van der Waals surface area contributed by atoms with E-state index in [0.717, 1.165) is 31.5 Å². The third-order valence-corrected chi connectivity index (χ3v) is 4.99. The number of amides is 1. The van der Waals surface area contributed by atoms with Crippen molar-refractivity contribution in [1.29, 1.82) is 0 Å². The molecule has 8 nitrogen and oxygen atoms in total. The molecule has 1 saturated carbocycles. The van der Waals surface area contributed by atoms with Gasteiger partial charge in [-0.05, 0) is 46.1 Å². The number of nitrogens with zero attached hydrogens (tertiary/aromatic N) is 3. The van der Waals surface area contributed by atoms with E-state index in [1.165, 1.54) is 7.11 Å². The molecule has 1 aliphatic carbocycles. The summed E-state index contributed by atoms with van der Waals surface area (Å²) >= 11 is 6.25. The van der Waals surface area contributed by atoms with Gasteiger partial charge in [0.05, 0.1) is 17.7 Å². The predicted octanol–water partition coefficient (Wildman–Crippen LogP) is 3.72. The fourth-order valence-electron chi connectivity index (χ4n) is 3.50. The van der Waals surface area contributed by atoms with E-state index in [0.29, 0.717) is 5.65 Å². The summed E-state index contributed by atoms with van der Waals surface area (Å²) in [7, 11) is 1.30. The number of pyridine rings is 1. The molecule has 0 aliphatic heterocycles. The number of esters is 1. The molecule has 1 fully saturated rings. The first-order valence-corrected chi connectivity index (χ1v) is 9.67. The van der Waals surface area contributed by atoms with E-state index in [1.807, 2.05) is 20.8 Å². The predicted molar refractivity (Wildman–Crippen MR) is 104 cm³/mol. The van der Waals surface area contributed by atoms with Gasteiger partial charge in [0.1, 0.15) is 11.4 Å². The first-order valence-electron chi connectivity index (χ1n) is 9.30. The van der Waals surface area contributed by atoms with Crippen LogP contribution in [-0.4, -0.2) is 45.4 Å². The number of rotatable bonds is 3. The van der Waals surface area contributed by atoms with Gasteiger partial charge in [-0.2, -0.15) is 0 Å². The van der Waals surface area contributed by atoms with Crippen molar-refractivity contribution < 1.29 is 19.1 Å². The molecule has 1 N–H and O–H groups in total. The smallest absolute Gasteiger partial charge is 0.407 e. The zero-order valence-corrected chi connectivity index (χ0v) is 17.2. The largest absolute Gasteiger partial charge is 0.465 e. The maximum atomic E-state index is 12.1. The second kappa shape index (κ2) is 7.95. The van der Waals surface area contributed by atoms with E-state index >= 15 is 0 Å². The summed E-state index contributed by atoms with van der Waals surface area (Å²) < 4.78 is 11.9. The van der Waals surface area contributed by atoms with Gasteiger partial charge in [0, 0.05) is 18.2 Å². The topological polar surface area (TPSA) is 94.8 Å². The highest BCUT2D eigenvalue weighted by atomic mass is 35.5. The quantitative estimate of drug-likeness (QED) is 0.777. The van der Waals surface area contributed by atoms with Crippen LogP contribution < -0.4 is 5.32 Å². The molecule has 2 aromatic heterocycles. The number of alkyl carbamates (subject to hydrolysis) is 1. The van der Waals surface area contributed by atoms with Crippen molar-refractivity contribution in [3.05, 3.63) is 28.7 Å². The Hall–Kier alpha value is -2.35. The normalized spacial score (nSPS) is 20.0. The van der Waals surface area contributed by atoms with E-state index in [9.17, 15) is 9.59 Å².